The number of benzene rings is 1. The minimum atomic E-state index is -0.610. The van der Waals surface area contributed by atoms with E-state index in [9.17, 15) is 24.8 Å². The molecule has 1 aliphatic heterocycles. The van der Waals surface area contributed by atoms with Crippen LogP contribution in [-0.4, -0.2) is 37.1 Å². The Morgan fingerprint density at radius 1 is 1.26 bits per heavy atom. The number of pyridine rings is 1. The summed E-state index contributed by atoms with van der Waals surface area (Å²) in [5.74, 6) is -1.07. The van der Waals surface area contributed by atoms with Crippen molar-refractivity contribution in [1.29, 1.82) is 5.26 Å². The minimum Gasteiger partial charge on any atom is -0.494 e. The molecule has 3 rings (SSSR count). The third-order valence-electron chi connectivity index (χ3n) is 5.35. The number of hydrogen-bond donors (Lipinski definition) is 1. The number of aromatic hydroxyl groups is 1. The van der Waals surface area contributed by atoms with Gasteiger partial charge in [-0.1, -0.05) is 54.6 Å². The Kier molecular flexibility index (Phi) is 8.31. The van der Waals surface area contributed by atoms with E-state index in [0.29, 0.717) is 27.1 Å². The molecule has 1 aromatic heterocycles. The molecule has 176 valence electrons. The van der Waals surface area contributed by atoms with Crippen LogP contribution in [0.2, 0.25) is 5.02 Å². The molecule has 0 saturated carbocycles. The first kappa shape index (κ1) is 25.7. The van der Waals surface area contributed by atoms with Crippen molar-refractivity contribution in [3.05, 3.63) is 66.8 Å². The van der Waals surface area contributed by atoms with Gasteiger partial charge in [-0.05, 0) is 49.1 Å². The molecule has 1 amide bonds. The average molecular weight is 516 g/mol. The zero-order valence-corrected chi connectivity index (χ0v) is 21.0. The van der Waals surface area contributed by atoms with Gasteiger partial charge in [0, 0.05) is 24.5 Å². The lowest BCUT2D eigenvalue weighted by molar-refractivity contribution is -0.122. The highest BCUT2D eigenvalue weighted by molar-refractivity contribution is 8.26. The monoisotopic (exact) mass is 515 g/mol. The molecule has 34 heavy (non-hydrogen) atoms. The fourth-order valence-corrected chi connectivity index (χ4v) is 5.08. The summed E-state index contributed by atoms with van der Waals surface area (Å²) in [7, 11) is 0. The first-order valence-electron chi connectivity index (χ1n) is 10.6. The van der Waals surface area contributed by atoms with Crippen LogP contribution in [-0.2, 0) is 11.3 Å². The van der Waals surface area contributed by atoms with E-state index in [2.05, 4.69) is 0 Å². The van der Waals surface area contributed by atoms with E-state index in [4.69, 9.17) is 23.8 Å². The van der Waals surface area contributed by atoms with Gasteiger partial charge < -0.3 is 5.11 Å². The second-order valence-corrected chi connectivity index (χ2v) is 9.79. The van der Waals surface area contributed by atoms with Gasteiger partial charge in [0.05, 0.1) is 10.5 Å². The van der Waals surface area contributed by atoms with Crippen LogP contribution in [0.1, 0.15) is 53.2 Å². The van der Waals surface area contributed by atoms with Crippen LogP contribution in [0.15, 0.2) is 34.0 Å². The SMILES string of the molecule is CCCn1c(O)c(C(=O)CCCN2C(=O)/C(=C/c3ccc(Cl)cc3)SC2=S)c(C)c(C#N)c1=O. The number of carbonyl (C=O) groups is 2. The molecule has 1 saturated heterocycles. The zero-order chi connectivity index (χ0) is 25.0. The number of carbonyl (C=O) groups excluding carboxylic acids is 2. The highest BCUT2D eigenvalue weighted by Crippen LogP contribution is 2.33. The van der Waals surface area contributed by atoms with Crippen LogP contribution in [0.25, 0.3) is 6.08 Å². The van der Waals surface area contributed by atoms with Crippen molar-refractivity contribution in [3.8, 4) is 11.9 Å². The fraction of sp³-hybridized carbons (Fsp3) is 0.292. The Bertz CT molecular complexity index is 1290. The zero-order valence-electron chi connectivity index (χ0n) is 18.6. The van der Waals surface area contributed by atoms with Gasteiger partial charge in [-0.2, -0.15) is 5.26 Å². The van der Waals surface area contributed by atoms with Crippen LogP contribution in [0.5, 0.6) is 5.88 Å². The molecule has 1 N–H and O–H groups in total. The standard InChI is InChI=1S/C24H22ClN3O4S2/c1-3-10-27-21(30)17(13-26)14(2)20(23(27)32)18(29)5-4-11-28-22(31)19(34-24(28)33)12-15-6-8-16(25)9-7-15/h6-9,12,32H,3-5,10-11H2,1-2H3/b19-12-. The summed E-state index contributed by atoms with van der Waals surface area (Å²) in [6.07, 6.45) is 2.60. The molecule has 2 aromatic rings. The Balaban J connectivity index is 1.73. The van der Waals surface area contributed by atoms with Crippen LogP contribution >= 0.6 is 35.6 Å². The first-order valence-corrected chi connectivity index (χ1v) is 12.2. The molecule has 0 atom stereocenters. The maximum atomic E-state index is 12.9. The molecule has 1 aliphatic rings. The summed E-state index contributed by atoms with van der Waals surface area (Å²) in [6, 6.07) is 8.91. The van der Waals surface area contributed by atoms with Crippen molar-refractivity contribution in [3.63, 3.8) is 0 Å². The topological polar surface area (TPSA) is 103 Å². The Morgan fingerprint density at radius 2 is 1.94 bits per heavy atom. The van der Waals surface area contributed by atoms with Crippen LogP contribution in [0.4, 0.5) is 0 Å². The number of aromatic nitrogens is 1. The molecule has 0 bridgehead atoms. The van der Waals surface area contributed by atoms with Crippen LogP contribution in [0, 0.1) is 18.3 Å². The summed E-state index contributed by atoms with van der Waals surface area (Å²) >= 11 is 12.4. The first-order chi connectivity index (χ1) is 16.2. The van der Waals surface area contributed by atoms with Crippen LogP contribution in [0.3, 0.4) is 0 Å². The molecule has 0 unspecified atom stereocenters. The molecule has 1 fully saturated rings. The summed E-state index contributed by atoms with van der Waals surface area (Å²) in [6.45, 7) is 3.72. The largest absolute Gasteiger partial charge is 0.494 e. The number of amides is 1. The highest BCUT2D eigenvalue weighted by atomic mass is 35.5. The van der Waals surface area contributed by atoms with E-state index in [0.717, 1.165) is 10.1 Å². The number of hydrogen-bond acceptors (Lipinski definition) is 7. The van der Waals surface area contributed by atoms with Gasteiger partial charge in [0.25, 0.3) is 11.5 Å². The van der Waals surface area contributed by atoms with E-state index >= 15 is 0 Å². The summed E-state index contributed by atoms with van der Waals surface area (Å²) in [4.78, 5) is 40.1. The van der Waals surface area contributed by atoms with Gasteiger partial charge in [-0.25, -0.2) is 0 Å². The number of nitrogens with zero attached hydrogens (tertiary/aromatic N) is 3. The Labute approximate surface area is 211 Å². The van der Waals surface area contributed by atoms with E-state index in [1.165, 1.54) is 23.6 Å². The predicted octanol–water partition coefficient (Wildman–Crippen LogP) is 4.66. The third kappa shape index (κ3) is 5.25. The summed E-state index contributed by atoms with van der Waals surface area (Å²) < 4.78 is 1.46. The maximum absolute atomic E-state index is 12.9. The van der Waals surface area contributed by atoms with Crippen molar-refractivity contribution < 1.29 is 14.7 Å². The minimum absolute atomic E-state index is 0.0108. The van der Waals surface area contributed by atoms with Crippen LogP contribution < -0.4 is 5.56 Å². The van der Waals surface area contributed by atoms with Gasteiger partial charge >= 0.3 is 0 Å². The second kappa shape index (κ2) is 11.0. The number of halogens is 1. The van der Waals surface area contributed by atoms with E-state index in [-0.39, 0.29) is 42.1 Å². The molecular weight excluding hydrogens is 494 g/mol. The van der Waals surface area contributed by atoms with Crippen molar-refractivity contribution >= 4 is 57.7 Å². The van der Waals surface area contributed by atoms with Crippen molar-refractivity contribution in [2.24, 2.45) is 0 Å². The van der Waals surface area contributed by atoms with E-state index < -0.39 is 17.2 Å². The molecule has 2 heterocycles. The lowest BCUT2D eigenvalue weighted by Gasteiger charge is -2.16. The van der Waals surface area contributed by atoms with E-state index in [1.54, 1.807) is 30.3 Å². The van der Waals surface area contributed by atoms with Crippen molar-refractivity contribution in [1.82, 2.24) is 9.47 Å². The summed E-state index contributed by atoms with van der Waals surface area (Å²) in [5.41, 5.74) is 0.192. The Morgan fingerprint density at radius 3 is 2.56 bits per heavy atom. The Hall–Kier alpha value is -2.93. The smallest absolute Gasteiger partial charge is 0.271 e. The number of rotatable bonds is 8. The third-order valence-corrected chi connectivity index (χ3v) is 6.98. The lowest BCUT2D eigenvalue weighted by atomic mass is 9.99. The van der Waals surface area contributed by atoms with Crippen molar-refractivity contribution in [2.75, 3.05) is 6.54 Å². The normalized spacial score (nSPS) is 14.6. The fourth-order valence-electron chi connectivity index (χ4n) is 3.64. The molecule has 1 aromatic carbocycles. The van der Waals surface area contributed by atoms with Crippen molar-refractivity contribution in [2.45, 2.75) is 39.7 Å². The maximum Gasteiger partial charge on any atom is 0.271 e. The number of ketones is 1. The number of Topliss-reactive ketones (excluding diaryl/α,β-unsaturated/α-hetero) is 1. The van der Waals surface area contributed by atoms with E-state index in [1.807, 2.05) is 13.0 Å². The molecule has 10 heteroatoms. The van der Waals surface area contributed by atoms with Gasteiger partial charge in [-0.3, -0.25) is 23.9 Å². The molecule has 0 spiro atoms. The van der Waals surface area contributed by atoms with Gasteiger partial charge in [0.2, 0.25) is 5.88 Å². The number of nitriles is 1. The highest BCUT2D eigenvalue weighted by Gasteiger charge is 2.32. The number of thioether (sulfide) groups is 1. The quantitative estimate of drug-likeness (QED) is 0.309. The molecular formula is C24H22ClN3O4S2. The lowest BCUT2D eigenvalue weighted by Crippen LogP contribution is -2.29. The second-order valence-electron chi connectivity index (χ2n) is 7.68. The van der Waals surface area contributed by atoms with Gasteiger partial charge in [0.1, 0.15) is 16.0 Å². The molecule has 0 aliphatic carbocycles. The summed E-state index contributed by atoms with van der Waals surface area (Å²) in [5, 5.41) is 20.6. The van der Waals surface area contributed by atoms with Gasteiger partial charge in [-0.15, -0.1) is 0 Å². The van der Waals surface area contributed by atoms with Gasteiger partial charge in [0.15, 0.2) is 5.78 Å². The number of thiocarbonyl (C=S) groups is 1. The predicted molar refractivity (Wildman–Crippen MR) is 137 cm³/mol. The molecule has 7 nitrogen and oxygen atoms in total. The average Bonchev–Trinajstić information content (AvgIpc) is 3.06. The molecule has 0 radical (unpaired) electrons.